The number of rotatable bonds is 12. The first kappa shape index (κ1) is 26.4. The molecule has 1 aliphatic heterocycles. The topological polar surface area (TPSA) is 87.7 Å². The van der Waals surface area contributed by atoms with Gasteiger partial charge in [0.25, 0.3) is 0 Å². The number of allylic oxidation sites excluding steroid dienone is 1. The molecule has 1 aromatic carbocycles. The number of nitrogens with one attached hydrogen (secondary N) is 2. The van der Waals surface area contributed by atoms with Crippen LogP contribution in [0, 0.1) is 0 Å². The average Bonchev–Trinajstić information content (AvgIpc) is 2.76. The summed E-state index contributed by atoms with van der Waals surface area (Å²) in [5.74, 6) is -0.452. The Morgan fingerprint density at radius 3 is 2.27 bits per heavy atom. The fraction of sp³-hybridized carbons (Fsp3) is 0.577. The van der Waals surface area contributed by atoms with Gasteiger partial charge >= 0.3 is 12.0 Å². The second-order valence-corrected chi connectivity index (χ2v) is 8.94. The Kier molecular flexibility index (Phi) is 10.4. The van der Waals surface area contributed by atoms with Gasteiger partial charge < -0.3 is 20.3 Å². The van der Waals surface area contributed by atoms with E-state index >= 15 is 0 Å². The van der Waals surface area contributed by atoms with Gasteiger partial charge in [-0.2, -0.15) is 0 Å². The highest BCUT2D eigenvalue weighted by molar-refractivity contribution is 5.95. The molecule has 0 bridgehead atoms. The number of hydrogen-bond donors (Lipinski definition) is 2. The van der Waals surface area contributed by atoms with Crippen molar-refractivity contribution in [2.45, 2.75) is 91.2 Å². The number of amides is 3. The minimum absolute atomic E-state index is 0.000780. The van der Waals surface area contributed by atoms with E-state index in [1.54, 1.807) is 40.0 Å². The normalized spacial score (nSPS) is 16.1. The molecule has 33 heavy (non-hydrogen) atoms. The molecule has 182 valence electrons. The summed E-state index contributed by atoms with van der Waals surface area (Å²) in [4.78, 5) is 38.8. The van der Waals surface area contributed by atoms with Crippen molar-refractivity contribution < 1.29 is 19.1 Å². The van der Waals surface area contributed by atoms with Gasteiger partial charge in [-0.3, -0.25) is 4.79 Å². The van der Waals surface area contributed by atoms with Crippen molar-refractivity contribution in [2.24, 2.45) is 0 Å². The van der Waals surface area contributed by atoms with Crippen molar-refractivity contribution in [1.82, 2.24) is 10.2 Å². The molecule has 0 fully saturated rings. The fourth-order valence-corrected chi connectivity index (χ4v) is 3.85. The van der Waals surface area contributed by atoms with E-state index in [-0.39, 0.29) is 18.0 Å². The summed E-state index contributed by atoms with van der Waals surface area (Å²) >= 11 is 0. The summed E-state index contributed by atoms with van der Waals surface area (Å²) in [5, 5.41) is 5.80. The van der Waals surface area contributed by atoms with Gasteiger partial charge in [0, 0.05) is 24.9 Å². The van der Waals surface area contributed by atoms with Crippen LogP contribution in [0.1, 0.15) is 90.7 Å². The van der Waals surface area contributed by atoms with Crippen LogP contribution >= 0.6 is 0 Å². The van der Waals surface area contributed by atoms with E-state index in [0.717, 1.165) is 18.4 Å². The van der Waals surface area contributed by atoms with Crippen molar-refractivity contribution in [3.05, 3.63) is 41.1 Å². The Morgan fingerprint density at radius 2 is 1.67 bits per heavy atom. The third-order valence-corrected chi connectivity index (χ3v) is 5.85. The van der Waals surface area contributed by atoms with Crippen LogP contribution < -0.4 is 10.6 Å². The summed E-state index contributed by atoms with van der Waals surface area (Å²) in [6.07, 6.45) is 8.43. The third kappa shape index (κ3) is 7.91. The number of esters is 1. The van der Waals surface area contributed by atoms with Gasteiger partial charge in [0.2, 0.25) is 5.91 Å². The maximum atomic E-state index is 12.8. The predicted octanol–water partition coefficient (Wildman–Crippen LogP) is 5.69. The third-order valence-electron chi connectivity index (χ3n) is 5.85. The summed E-state index contributed by atoms with van der Waals surface area (Å²) in [6.45, 7) is 7.52. The quantitative estimate of drug-likeness (QED) is 0.312. The van der Waals surface area contributed by atoms with E-state index in [9.17, 15) is 14.4 Å². The molecule has 1 aromatic rings. The van der Waals surface area contributed by atoms with Crippen LogP contribution in [0.2, 0.25) is 0 Å². The number of ether oxygens (including phenoxy) is 1. The minimum atomic E-state index is -0.614. The molecule has 1 heterocycles. The number of carbonyl (C=O) groups is 3. The molecular formula is C26H39N3O4. The smallest absolute Gasteiger partial charge is 0.338 e. The van der Waals surface area contributed by atoms with Gasteiger partial charge in [-0.25, -0.2) is 9.59 Å². The first-order valence-corrected chi connectivity index (χ1v) is 12.1. The summed E-state index contributed by atoms with van der Waals surface area (Å²) < 4.78 is 5.41. The largest absolute Gasteiger partial charge is 0.459 e. The first-order chi connectivity index (χ1) is 15.7. The molecule has 0 aliphatic carbocycles. The zero-order valence-corrected chi connectivity index (χ0v) is 20.7. The summed E-state index contributed by atoms with van der Waals surface area (Å²) in [7, 11) is 1.62. The zero-order chi connectivity index (χ0) is 24.4. The Labute approximate surface area is 197 Å². The highest BCUT2D eigenvalue weighted by Gasteiger charge is 2.35. The molecule has 2 rings (SSSR count). The molecule has 1 atom stereocenters. The van der Waals surface area contributed by atoms with Gasteiger partial charge in [-0.15, -0.1) is 0 Å². The molecule has 7 nitrogen and oxygen atoms in total. The lowest BCUT2D eigenvalue weighted by Gasteiger charge is -2.33. The molecule has 0 radical (unpaired) electrons. The van der Waals surface area contributed by atoms with Crippen LogP contribution in [0.5, 0.6) is 0 Å². The monoisotopic (exact) mass is 457 g/mol. The maximum Gasteiger partial charge on any atom is 0.338 e. The first-order valence-electron chi connectivity index (χ1n) is 12.1. The highest BCUT2D eigenvalue weighted by Crippen LogP contribution is 2.31. The number of carbonyl (C=O) groups excluding carboxylic acids is 3. The van der Waals surface area contributed by atoms with Crippen LogP contribution in [-0.2, 0) is 14.3 Å². The van der Waals surface area contributed by atoms with Gasteiger partial charge in [0.05, 0.1) is 17.7 Å². The Hall–Kier alpha value is -2.83. The van der Waals surface area contributed by atoms with Crippen LogP contribution in [0.4, 0.5) is 10.5 Å². The Bertz CT molecular complexity index is 846. The standard InChI is InChI=1S/C26H39N3O4/c1-6-7-8-9-10-11-12-13-22(30)27-21-16-14-20(15-17-21)24-23(25(31)33-18(2)3)19(4)29(5)26(32)28-24/h14-18,24H,6-13H2,1-5H3,(H,27,30)(H,28,32). The van der Waals surface area contributed by atoms with Gasteiger partial charge in [-0.05, 0) is 44.9 Å². The number of hydrogen-bond acceptors (Lipinski definition) is 4. The molecule has 0 spiro atoms. The SMILES string of the molecule is CCCCCCCCCC(=O)Nc1ccc(C2NC(=O)N(C)C(C)=C2C(=O)OC(C)C)cc1. The molecule has 7 heteroatoms. The summed E-state index contributed by atoms with van der Waals surface area (Å²) in [6, 6.07) is 6.32. The average molecular weight is 458 g/mol. The van der Waals surface area contributed by atoms with E-state index in [1.807, 2.05) is 12.1 Å². The minimum Gasteiger partial charge on any atom is -0.459 e. The molecule has 2 N–H and O–H groups in total. The Balaban J connectivity index is 1.99. The lowest BCUT2D eigenvalue weighted by atomic mass is 9.95. The van der Waals surface area contributed by atoms with Gasteiger partial charge in [0.1, 0.15) is 0 Å². The van der Waals surface area contributed by atoms with Gasteiger partial charge in [0.15, 0.2) is 0 Å². The number of benzene rings is 1. The molecule has 0 aromatic heterocycles. The molecule has 0 saturated carbocycles. The van der Waals surface area contributed by atoms with Crippen LogP contribution in [-0.4, -0.2) is 36.0 Å². The van der Waals surface area contributed by atoms with Crippen LogP contribution in [0.15, 0.2) is 35.5 Å². The maximum absolute atomic E-state index is 12.8. The van der Waals surface area contributed by atoms with Crippen LogP contribution in [0.25, 0.3) is 0 Å². The van der Waals surface area contributed by atoms with Crippen molar-refractivity contribution in [2.75, 3.05) is 12.4 Å². The van der Waals surface area contributed by atoms with Crippen molar-refractivity contribution >= 4 is 23.6 Å². The molecule has 0 saturated heterocycles. The number of nitrogens with zero attached hydrogens (tertiary/aromatic N) is 1. The molecule has 3 amide bonds. The lowest BCUT2D eigenvalue weighted by molar-refractivity contribution is -0.143. The van der Waals surface area contributed by atoms with Crippen molar-refractivity contribution in [3.63, 3.8) is 0 Å². The number of urea groups is 1. The molecule has 1 aliphatic rings. The summed E-state index contributed by atoms with van der Waals surface area (Å²) in [5.41, 5.74) is 2.40. The lowest BCUT2D eigenvalue weighted by Crippen LogP contribution is -2.46. The molecular weight excluding hydrogens is 418 g/mol. The van der Waals surface area contributed by atoms with E-state index in [4.69, 9.17) is 4.74 Å². The van der Waals surface area contributed by atoms with E-state index in [1.165, 1.54) is 37.0 Å². The Morgan fingerprint density at radius 1 is 1.06 bits per heavy atom. The zero-order valence-electron chi connectivity index (χ0n) is 20.7. The predicted molar refractivity (Wildman–Crippen MR) is 131 cm³/mol. The van der Waals surface area contributed by atoms with E-state index in [0.29, 0.717) is 23.4 Å². The van der Waals surface area contributed by atoms with E-state index < -0.39 is 12.0 Å². The fourth-order valence-electron chi connectivity index (χ4n) is 3.85. The number of anilines is 1. The second kappa shape index (κ2) is 13.0. The number of unbranched alkanes of at least 4 members (excludes halogenated alkanes) is 6. The van der Waals surface area contributed by atoms with E-state index in [2.05, 4.69) is 17.6 Å². The van der Waals surface area contributed by atoms with Crippen molar-refractivity contribution in [1.29, 1.82) is 0 Å². The van der Waals surface area contributed by atoms with Gasteiger partial charge in [-0.1, -0.05) is 57.6 Å². The molecule has 1 unspecified atom stereocenters. The van der Waals surface area contributed by atoms with Crippen molar-refractivity contribution in [3.8, 4) is 0 Å². The highest BCUT2D eigenvalue weighted by atomic mass is 16.5. The van der Waals surface area contributed by atoms with Crippen LogP contribution in [0.3, 0.4) is 0 Å². The second-order valence-electron chi connectivity index (χ2n) is 8.94.